The van der Waals surface area contributed by atoms with Crippen molar-refractivity contribution in [1.29, 1.82) is 0 Å². The molecule has 2 saturated heterocycles. The zero-order valence-electron chi connectivity index (χ0n) is 15.4. The Balaban J connectivity index is 1.53. The van der Waals surface area contributed by atoms with Crippen molar-refractivity contribution < 1.29 is 23.8 Å². The van der Waals surface area contributed by atoms with Gasteiger partial charge in [-0.1, -0.05) is 6.07 Å². The average Bonchev–Trinajstić information content (AvgIpc) is 3.22. The monoisotopic (exact) mass is 362 g/mol. The standard InChI is InChI=1S/C19H26N2O5/c1-24-15-6-5-14(12-17(15)25-2)13-18(22)20-7-9-21(10-8-20)19(23)16-4-3-11-26-16/h5-6,12,16H,3-4,7-11,13H2,1-2H3. The van der Waals surface area contributed by atoms with E-state index >= 15 is 0 Å². The molecule has 0 N–H and O–H groups in total. The molecular formula is C19H26N2O5. The molecule has 1 atom stereocenters. The Bertz CT molecular complexity index is 649. The molecule has 1 aromatic rings. The van der Waals surface area contributed by atoms with Crippen molar-refractivity contribution in [1.82, 2.24) is 9.80 Å². The fourth-order valence-electron chi connectivity index (χ4n) is 3.43. The lowest BCUT2D eigenvalue weighted by atomic mass is 10.1. The molecule has 142 valence electrons. The molecule has 1 aromatic carbocycles. The van der Waals surface area contributed by atoms with Gasteiger partial charge in [-0.05, 0) is 30.5 Å². The van der Waals surface area contributed by atoms with Crippen LogP contribution in [0.4, 0.5) is 0 Å². The van der Waals surface area contributed by atoms with Gasteiger partial charge in [-0.15, -0.1) is 0 Å². The van der Waals surface area contributed by atoms with Crippen LogP contribution in [0.3, 0.4) is 0 Å². The lowest BCUT2D eigenvalue weighted by molar-refractivity contribution is -0.145. The normalized spacial score (nSPS) is 20.2. The van der Waals surface area contributed by atoms with E-state index in [0.29, 0.717) is 50.7 Å². The lowest BCUT2D eigenvalue weighted by Crippen LogP contribution is -2.53. The maximum atomic E-state index is 12.6. The van der Waals surface area contributed by atoms with E-state index in [9.17, 15) is 9.59 Å². The summed E-state index contributed by atoms with van der Waals surface area (Å²) < 4.78 is 16.0. The molecule has 0 aliphatic carbocycles. The van der Waals surface area contributed by atoms with Crippen molar-refractivity contribution in [3.63, 3.8) is 0 Å². The molecule has 1 unspecified atom stereocenters. The average molecular weight is 362 g/mol. The van der Waals surface area contributed by atoms with Crippen LogP contribution in [0, 0.1) is 0 Å². The molecule has 0 bridgehead atoms. The second kappa shape index (κ2) is 8.40. The van der Waals surface area contributed by atoms with Crippen LogP contribution >= 0.6 is 0 Å². The third-order valence-corrected chi connectivity index (χ3v) is 4.95. The molecule has 2 fully saturated rings. The molecule has 7 nitrogen and oxygen atoms in total. The zero-order chi connectivity index (χ0) is 18.5. The summed E-state index contributed by atoms with van der Waals surface area (Å²) in [6.45, 7) is 2.92. The fourth-order valence-corrected chi connectivity index (χ4v) is 3.43. The summed E-state index contributed by atoms with van der Waals surface area (Å²) >= 11 is 0. The maximum absolute atomic E-state index is 12.6. The largest absolute Gasteiger partial charge is 0.493 e. The first-order chi connectivity index (χ1) is 12.6. The number of piperazine rings is 1. The molecular weight excluding hydrogens is 336 g/mol. The molecule has 0 aromatic heterocycles. The van der Waals surface area contributed by atoms with E-state index in [2.05, 4.69) is 0 Å². The summed E-state index contributed by atoms with van der Waals surface area (Å²) in [4.78, 5) is 28.6. The summed E-state index contributed by atoms with van der Waals surface area (Å²) in [7, 11) is 3.16. The summed E-state index contributed by atoms with van der Waals surface area (Å²) in [5.74, 6) is 1.38. The number of rotatable bonds is 5. The first kappa shape index (κ1) is 18.5. The quantitative estimate of drug-likeness (QED) is 0.785. The number of hydrogen-bond acceptors (Lipinski definition) is 5. The number of carbonyl (C=O) groups excluding carboxylic acids is 2. The summed E-state index contributed by atoms with van der Waals surface area (Å²) in [5.41, 5.74) is 0.880. The van der Waals surface area contributed by atoms with Crippen molar-refractivity contribution >= 4 is 11.8 Å². The first-order valence-corrected chi connectivity index (χ1v) is 9.01. The minimum absolute atomic E-state index is 0.0569. The van der Waals surface area contributed by atoms with Gasteiger partial charge >= 0.3 is 0 Å². The Labute approximate surface area is 153 Å². The number of benzene rings is 1. The highest BCUT2D eigenvalue weighted by molar-refractivity contribution is 5.82. The Morgan fingerprint density at radius 3 is 2.38 bits per heavy atom. The van der Waals surface area contributed by atoms with Crippen LogP contribution in [0.1, 0.15) is 18.4 Å². The van der Waals surface area contributed by atoms with Crippen LogP contribution in [-0.4, -0.2) is 74.7 Å². The van der Waals surface area contributed by atoms with Crippen LogP contribution in [0.2, 0.25) is 0 Å². The van der Waals surface area contributed by atoms with E-state index in [0.717, 1.165) is 18.4 Å². The van der Waals surface area contributed by atoms with E-state index in [4.69, 9.17) is 14.2 Å². The Morgan fingerprint density at radius 1 is 1.08 bits per heavy atom. The smallest absolute Gasteiger partial charge is 0.251 e. The number of nitrogens with zero attached hydrogens (tertiary/aromatic N) is 2. The highest BCUT2D eigenvalue weighted by Gasteiger charge is 2.31. The number of carbonyl (C=O) groups is 2. The SMILES string of the molecule is COc1ccc(CC(=O)N2CCN(C(=O)C3CCCO3)CC2)cc1OC. The number of hydrogen-bond donors (Lipinski definition) is 0. The second-order valence-corrected chi connectivity index (χ2v) is 6.57. The lowest BCUT2D eigenvalue weighted by Gasteiger charge is -2.35. The summed E-state index contributed by atoms with van der Waals surface area (Å²) in [5, 5.41) is 0. The molecule has 26 heavy (non-hydrogen) atoms. The van der Waals surface area contributed by atoms with Crippen LogP contribution in [-0.2, 0) is 20.7 Å². The topological polar surface area (TPSA) is 68.3 Å². The van der Waals surface area contributed by atoms with Gasteiger partial charge in [0.1, 0.15) is 6.10 Å². The van der Waals surface area contributed by atoms with Gasteiger partial charge in [-0.3, -0.25) is 9.59 Å². The molecule has 0 radical (unpaired) electrons. The molecule has 2 aliphatic rings. The van der Waals surface area contributed by atoms with E-state index < -0.39 is 0 Å². The van der Waals surface area contributed by atoms with Gasteiger partial charge in [0.25, 0.3) is 5.91 Å². The van der Waals surface area contributed by atoms with Crippen LogP contribution in [0.5, 0.6) is 11.5 Å². The van der Waals surface area contributed by atoms with Gasteiger partial charge in [0, 0.05) is 32.8 Å². The molecule has 7 heteroatoms. The fraction of sp³-hybridized carbons (Fsp3) is 0.579. The van der Waals surface area contributed by atoms with Crippen LogP contribution in [0.25, 0.3) is 0 Å². The first-order valence-electron chi connectivity index (χ1n) is 9.01. The number of amides is 2. The minimum Gasteiger partial charge on any atom is -0.493 e. The third-order valence-electron chi connectivity index (χ3n) is 4.95. The molecule has 2 aliphatic heterocycles. The summed E-state index contributed by atoms with van der Waals surface area (Å²) in [6.07, 6.45) is 1.77. The van der Waals surface area contributed by atoms with E-state index in [1.807, 2.05) is 21.9 Å². The summed E-state index contributed by atoms with van der Waals surface area (Å²) in [6, 6.07) is 5.50. The van der Waals surface area contributed by atoms with Crippen molar-refractivity contribution in [2.24, 2.45) is 0 Å². The predicted octanol–water partition coefficient (Wildman–Crippen LogP) is 1.10. The van der Waals surface area contributed by atoms with Gasteiger partial charge in [0.15, 0.2) is 11.5 Å². The van der Waals surface area contributed by atoms with Crippen LogP contribution < -0.4 is 9.47 Å². The van der Waals surface area contributed by atoms with Gasteiger partial charge in [0.05, 0.1) is 20.6 Å². The van der Waals surface area contributed by atoms with Crippen molar-refractivity contribution in [2.75, 3.05) is 47.0 Å². The van der Waals surface area contributed by atoms with Crippen molar-refractivity contribution in [3.8, 4) is 11.5 Å². The van der Waals surface area contributed by atoms with Crippen LogP contribution in [0.15, 0.2) is 18.2 Å². The third kappa shape index (κ3) is 4.09. The Kier molecular flexibility index (Phi) is 5.98. The van der Waals surface area contributed by atoms with Gasteiger partial charge in [0.2, 0.25) is 5.91 Å². The minimum atomic E-state index is -0.288. The maximum Gasteiger partial charge on any atom is 0.251 e. The van der Waals surface area contributed by atoms with Crippen molar-refractivity contribution in [3.05, 3.63) is 23.8 Å². The van der Waals surface area contributed by atoms with Crippen molar-refractivity contribution in [2.45, 2.75) is 25.4 Å². The Hall–Kier alpha value is -2.28. The molecule has 0 saturated carbocycles. The highest BCUT2D eigenvalue weighted by atomic mass is 16.5. The number of methoxy groups -OCH3 is 2. The molecule has 3 rings (SSSR count). The molecule has 0 spiro atoms. The highest BCUT2D eigenvalue weighted by Crippen LogP contribution is 2.28. The van der Waals surface area contributed by atoms with E-state index in [1.54, 1.807) is 20.3 Å². The molecule has 2 amide bonds. The molecule has 2 heterocycles. The predicted molar refractivity (Wildman–Crippen MR) is 95.4 cm³/mol. The second-order valence-electron chi connectivity index (χ2n) is 6.57. The van der Waals surface area contributed by atoms with Gasteiger partial charge < -0.3 is 24.0 Å². The van der Waals surface area contributed by atoms with E-state index in [1.165, 1.54) is 0 Å². The number of ether oxygens (including phenoxy) is 3. The van der Waals surface area contributed by atoms with E-state index in [-0.39, 0.29) is 17.9 Å². The zero-order valence-corrected chi connectivity index (χ0v) is 15.4. The van der Waals surface area contributed by atoms with Gasteiger partial charge in [-0.25, -0.2) is 0 Å². The van der Waals surface area contributed by atoms with Gasteiger partial charge in [-0.2, -0.15) is 0 Å². The Morgan fingerprint density at radius 2 is 1.77 bits per heavy atom.